The summed E-state index contributed by atoms with van der Waals surface area (Å²) in [5.41, 5.74) is 5.44. The standard InChI is InChI=1S/C10H13N3/c1-2-7-12-13-8-11-9-5-3-4-6-10(9)13/h3-6,8,12H,2,7H2,1H3. The SMILES string of the molecule is CCCNn1cnc2ccccc21. The lowest BCUT2D eigenvalue weighted by atomic mass is 10.3. The van der Waals surface area contributed by atoms with Gasteiger partial charge in [-0.15, -0.1) is 0 Å². The molecule has 1 heterocycles. The van der Waals surface area contributed by atoms with Crippen LogP contribution in [0.15, 0.2) is 30.6 Å². The Morgan fingerprint density at radius 3 is 3.08 bits per heavy atom. The predicted molar refractivity (Wildman–Crippen MR) is 54.3 cm³/mol. The molecule has 13 heavy (non-hydrogen) atoms. The van der Waals surface area contributed by atoms with Crippen molar-refractivity contribution >= 4 is 11.0 Å². The number of rotatable bonds is 3. The fourth-order valence-electron chi connectivity index (χ4n) is 1.32. The van der Waals surface area contributed by atoms with Crippen molar-refractivity contribution in [2.75, 3.05) is 12.0 Å². The first-order chi connectivity index (χ1) is 6.42. The number of benzene rings is 1. The molecule has 3 nitrogen and oxygen atoms in total. The monoisotopic (exact) mass is 175 g/mol. The Morgan fingerprint density at radius 1 is 1.38 bits per heavy atom. The average Bonchev–Trinajstić information content (AvgIpc) is 2.58. The van der Waals surface area contributed by atoms with Crippen molar-refractivity contribution in [3.63, 3.8) is 0 Å². The van der Waals surface area contributed by atoms with Crippen molar-refractivity contribution in [3.05, 3.63) is 30.6 Å². The van der Waals surface area contributed by atoms with Crippen molar-refractivity contribution in [3.8, 4) is 0 Å². The molecule has 0 saturated carbocycles. The minimum absolute atomic E-state index is 0.973. The van der Waals surface area contributed by atoms with Crippen LogP contribution in [0, 0.1) is 0 Å². The molecule has 1 aromatic heterocycles. The van der Waals surface area contributed by atoms with Crippen LogP contribution < -0.4 is 5.43 Å². The fourth-order valence-corrected chi connectivity index (χ4v) is 1.32. The van der Waals surface area contributed by atoms with Gasteiger partial charge in [0.05, 0.1) is 11.0 Å². The maximum Gasteiger partial charge on any atom is 0.115 e. The second-order valence-electron chi connectivity index (χ2n) is 3.01. The summed E-state index contributed by atoms with van der Waals surface area (Å²) in [5.74, 6) is 0. The van der Waals surface area contributed by atoms with E-state index in [0.717, 1.165) is 24.0 Å². The van der Waals surface area contributed by atoms with Crippen LogP contribution in [-0.4, -0.2) is 16.2 Å². The average molecular weight is 175 g/mol. The second kappa shape index (κ2) is 3.47. The topological polar surface area (TPSA) is 29.9 Å². The molecule has 0 aliphatic carbocycles. The van der Waals surface area contributed by atoms with Gasteiger partial charge in [0, 0.05) is 6.54 Å². The van der Waals surface area contributed by atoms with E-state index in [4.69, 9.17) is 0 Å². The summed E-state index contributed by atoms with van der Waals surface area (Å²) in [6.45, 7) is 3.12. The lowest BCUT2D eigenvalue weighted by Crippen LogP contribution is -2.13. The molecule has 68 valence electrons. The molecule has 0 spiro atoms. The zero-order valence-electron chi connectivity index (χ0n) is 7.70. The molecule has 0 bridgehead atoms. The molecule has 1 N–H and O–H groups in total. The van der Waals surface area contributed by atoms with Gasteiger partial charge in [0.25, 0.3) is 0 Å². The molecule has 0 atom stereocenters. The van der Waals surface area contributed by atoms with Gasteiger partial charge in [-0.25, -0.2) is 9.66 Å². The minimum atomic E-state index is 0.973. The van der Waals surface area contributed by atoms with Gasteiger partial charge in [0.2, 0.25) is 0 Å². The Bertz CT molecular complexity index is 392. The Kier molecular flexibility index (Phi) is 2.17. The number of nitrogens with zero attached hydrogens (tertiary/aromatic N) is 2. The molecular formula is C10H13N3. The van der Waals surface area contributed by atoms with Gasteiger partial charge in [0.1, 0.15) is 6.33 Å². The third kappa shape index (κ3) is 1.49. The van der Waals surface area contributed by atoms with E-state index in [9.17, 15) is 0 Å². The highest BCUT2D eigenvalue weighted by atomic mass is 15.4. The summed E-state index contributed by atoms with van der Waals surface area (Å²) >= 11 is 0. The van der Waals surface area contributed by atoms with Crippen LogP contribution in [0.25, 0.3) is 11.0 Å². The van der Waals surface area contributed by atoms with Gasteiger partial charge in [-0.3, -0.25) is 0 Å². The third-order valence-electron chi connectivity index (χ3n) is 1.99. The molecule has 0 aliphatic rings. The van der Waals surface area contributed by atoms with Gasteiger partial charge >= 0.3 is 0 Å². The largest absolute Gasteiger partial charge is 0.324 e. The van der Waals surface area contributed by atoms with Crippen LogP contribution in [-0.2, 0) is 0 Å². The Labute approximate surface area is 77.4 Å². The van der Waals surface area contributed by atoms with E-state index in [0.29, 0.717) is 0 Å². The van der Waals surface area contributed by atoms with Gasteiger partial charge in [-0.2, -0.15) is 0 Å². The molecule has 1 aromatic carbocycles. The number of hydrogen-bond donors (Lipinski definition) is 1. The first-order valence-corrected chi connectivity index (χ1v) is 4.58. The van der Waals surface area contributed by atoms with Crippen molar-refractivity contribution in [1.82, 2.24) is 9.66 Å². The zero-order chi connectivity index (χ0) is 9.10. The van der Waals surface area contributed by atoms with Crippen LogP contribution in [0.4, 0.5) is 0 Å². The number of para-hydroxylation sites is 2. The molecule has 0 fully saturated rings. The van der Waals surface area contributed by atoms with E-state index in [-0.39, 0.29) is 0 Å². The summed E-state index contributed by atoms with van der Waals surface area (Å²) in [6.07, 6.45) is 2.94. The van der Waals surface area contributed by atoms with Gasteiger partial charge < -0.3 is 5.43 Å². The van der Waals surface area contributed by atoms with Crippen LogP contribution in [0.3, 0.4) is 0 Å². The van der Waals surface area contributed by atoms with Crippen molar-refractivity contribution in [1.29, 1.82) is 0 Å². The van der Waals surface area contributed by atoms with Crippen LogP contribution in [0.5, 0.6) is 0 Å². The van der Waals surface area contributed by atoms with Crippen LogP contribution in [0.1, 0.15) is 13.3 Å². The van der Waals surface area contributed by atoms with E-state index in [2.05, 4.69) is 23.4 Å². The molecule has 0 radical (unpaired) electrons. The van der Waals surface area contributed by atoms with Crippen LogP contribution >= 0.6 is 0 Å². The maximum atomic E-state index is 4.27. The molecule has 0 aliphatic heterocycles. The Hall–Kier alpha value is -1.51. The lowest BCUT2D eigenvalue weighted by molar-refractivity contribution is 0.825. The van der Waals surface area contributed by atoms with Crippen molar-refractivity contribution < 1.29 is 0 Å². The van der Waals surface area contributed by atoms with Gasteiger partial charge in [-0.05, 0) is 18.6 Å². The second-order valence-corrected chi connectivity index (χ2v) is 3.01. The summed E-state index contributed by atoms with van der Waals surface area (Å²) in [7, 11) is 0. The van der Waals surface area contributed by atoms with Crippen molar-refractivity contribution in [2.24, 2.45) is 0 Å². The normalized spacial score (nSPS) is 10.5. The maximum absolute atomic E-state index is 4.27. The summed E-state index contributed by atoms with van der Waals surface area (Å²) < 4.78 is 1.97. The van der Waals surface area contributed by atoms with Gasteiger partial charge in [0.15, 0.2) is 0 Å². The molecule has 0 amide bonds. The Balaban J connectivity index is 2.35. The smallest absolute Gasteiger partial charge is 0.115 e. The first kappa shape index (κ1) is 8.10. The molecule has 3 heteroatoms. The van der Waals surface area contributed by atoms with Crippen LogP contribution in [0.2, 0.25) is 0 Å². The predicted octanol–water partition coefficient (Wildman–Crippen LogP) is 1.99. The number of imidazole rings is 1. The summed E-state index contributed by atoms with van der Waals surface area (Å²) in [5, 5.41) is 0. The van der Waals surface area contributed by atoms with E-state index < -0.39 is 0 Å². The number of hydrogen-bond acceptors (Lipinski definition) is 2. The van der Waals surface area contributed by atoms with E-state index in [1.807, 2.05) is 29.2 Å². The molecule has 2 aromatic rings. The molecule has 2 rings (SSSR count). The Morgan fingerprint density at radius 2 is 2.23 bits per heavy atom. The van der Waals surface area contributed by atoms with Crippen molar-refractivity contribution in [2.45, 2.75) is 13.3 Å². The van der Waals surface area contributed by atoms with E-state index >= 15 is 0 Å². The number of aromatic nitrogens is 2. The highest BCUT2D eigenvalue weighted by molar-refractivity contribution is 5.75. The van der Waals surface area contributed by atoms with E-state index in [1.54, 1.807) is 0 Å². The highest BCUT2D eigenvalue weighted by Crippen LogP contribution is 2.09. The zero-order valence-corrected chi connectivity index (χ0v) is 7.70. The third-order valence-corrected chi connectivity index (χ3v) is 1.99. The fraction of sp³-hybridized carbons (Fsp3) is 0.300. The first-order valence-electron chi connectivity index (χ1n) is 4.58. The quantitative estimate of drug-likeness (QED) is 0.773. The summed E-state index contributed by atoms with van der Waals surface area (Å²) in [4.78, 5) is 4.27. The minimum Gasteiger partial charge on any atom is -0.324 e. The summed E-state index contributed by atoms with van der Waals surface area (Å²) in [6, 6.07) is 8.10. The number of fused-ring (bicyclic) bond motifs is 1. The number of nitrogens with one attached hydrogen (secondary N) is 1. The molecule has 0 unspecified atom stereocenters. The van der Waals surface area contributed by atoms with E-state index in [1.165, 1.54) is 0 Å². The molecule has 0 saturated heterocycles. The highest BCUT2D eigenvalue weighted by Gasteiger charge is 1.98. The lowest BCUT2D eigenvalue weighted by Gasteiger charge is -2.05. The molecular weight excluding hydrogens is 162 g/mol. The van der Waals surface area contributed by atoms with Gasteiger partial charge in [-0.1, -0.05) is 19.1 Å².